The topological polar surface area (TPSA) is 45.0 Å². The third-order valence-corrected chi connectivity index (χ3v) is 0.889. The lowest BCUT2D eigenvalue weighted by atomic mass is 10.6. The van der Waals surface area contributed by atoms with Crippen LogP contribution in [0.15, 0.2) is 9.98 Å². The van der Waals surface area contributed by atoms with E-state index in [2.05, 4.69) is 16.7 Å². The van der Waals surface area contributed by atoms with E-state index in [1.807, 2.05) is 0 Å². The van der Waals surface area contributed by atoms with E-state index in [1.54, 1.807) is 14.1 Å². The van der Waals surface area contributed by atoms with Crippen molar-refractivity contribution < 1.29 is 4.79 Å². The van der Waals surface area contributed by atoms with Gasteiger partial charge in [-0.15, -0.1) is 0 Å². The van der Waals surface area contributed by atoms with Gasteiger partial charge in [-0.2, -0.15) is 0 Å². The summed E-state index contributed by atoms with van der Waals surface area (Å²) in [6.07, 6.45) is 1.27. The van der Waals surface area contributed by atoms with Crippen molar-refractivity contribution in [2.75, 3.05) is 20.6 Å². The van der Waals surface area contributed by atoms with E-state index < -0.39 is 0 Å². The molecule has 0 heterocycles. The van der Waals surface area contributed by atoms with E-state index in [4.69, 9.17) is 0 Å². The van der Waals surface area contributed by atoms with E-state index in [0.717, 1.165) is 0 Å². The number of carbonyl (C=O) groups excluding carboxylic acids is 1. The van der Waals surface area contributed by atoms with Gasteiger partial charge in [-0.1, -0.05) is 0 Å². The molecule has 0 rings (SSSR count). The molecule has 0 saturated heterocycles. The zero-order valence-electron chi connectivity index (χ0n) is 6.24. The van der Waals surface area contributed by atoms with Crippen molar-refractivity contribution in [1.82, 2.24) is 4.90 Å². The molecule has 0 aromatic rings. The van der Waals surface area contributed by atoms with E-state index >= 15 is 0 Å². The monoisotopic (exact) mass is 141 g/mol. The number of hydrogen-bond donors (Lipinski definition) is 0. The van der Waals surface area contributed by atoms with Crippen LogP contribution in [0.25, 0.3) is 0 Å². The first-order valence-electron chi connectivity index (χ1n) is 2.82. The first kappa shape index (κ1) is 8.81. The molecule has 0 radical (unpaired) electrons. The molecule has 4 nitrogen and oxygen atoms in total. The van der Waals surface area contributed by atoms with Gasteiger partial charge in [-0.05, 0) is 6.72 Å². The third kappa shape index (κ3) is 3.77. The molecule has 0 bridgehead atoms. The maximum atomic E-state index is 10.8. The number of nitrogens with zero attached hydrogens (tertiary/aromatic N) is 3. The first-order chi connectivity index (χ1) is 4.68. The summed E-state index contributed by atoms with van der Waals surface area (Å²) in [7, 11) is 3.36. The standard InChI is InChI=1S/C6H11N3O/c1-7-5-8-4-6(10)9(2)3/h5H,1,4H2,2-3H3/b8-5-. The summed E-state index contributed by atoms with van der Waals surface area (Å²) in [6, 6.07) is 0. The van der Waals surface area contributed by atoms with Crippen LogP contribution in [0.1, 0.15) is 0 Å². The van der Waals surface area contributed by atoms with Gasteiger partial charge in [0.15, 0.2) is 0 Å². The van der Waals surface area contributed by atoms with Gasteiger partial charge in [0.1, 0.15) is 12.9 Å². The van der Waals surface area contributed by atoms with Gasteiger partial charge in [0.2, 0.25) is 5.91 Å². The van der Waals surface area contributed by atoms with Crippen LogP contribution in [-0.2, 0) is 4.79 Å². The van der Waals surface area contributed by atoms with Gasteiger partial charge in [-0.25, -0.2) is 0 Å². The summed E-state index contributed by atoms with van der Waals surface area (Å²) in [4.78, 5) is 19.3. The average Bonchev–Trinajstić information content (AvgIpc) is 1.88. The number of rotatable bonds is 3. The third-order valence-electron chi connectivity index (χ3n) is 0.889. The number of amides is 1. The molecular weight excluding hydrogens is 130 g/mol. The van der Waals surface area contributed by atoms with Crippen molar-refractivity contribution in [3.05, 3.63) is 0 Å². The van der Waals surface area contributed by atoms with Crippen molar-refractivity contribution in [3.63, 3.8) is 0 Å². The van der Waals surface area contributed by atoms with E-state index in [9.17, 15) is 4.79 Å². The molecule has 1 amide bonds. The molecule has 0 saturated carbocycles. The zero-order chi connectivity index (χ0) is 7.98. The molecular formula is C6H11N3O. The van der Waals surface area contributed by atoms with E-state index in [0.29, 0.717) is 0 Å². The summed E-state index contributed by atoms with van der Waals surface area (Å²) in [5, 5.41) is 0. The molecule has 10 heavy (non-hydrogen) atoms. The van der Waals surface area contributed by atoms with Crippen molar-refractivity contribution in [1.29, 1.82) is 0 Å². The van der Waals surface area contributed by atoms with Crippen LogP contribution in [0.5, 0.6) is 0 Å². The molecule has 4 heteroatoms. The molecule has 0 aliphatic carbocycles. The molecule has 0 aliphatic heterocycles. The van der Waals surface area contributed by atoms with Gasteiger partial charge in [0.25, 0.3) is 0 Å². The second-order valence-electron chi connectivity index (χ2n) is 1.93. The number of hydrogen-bond acceptors (Lipinski definition) is 2. The summed E-state index contributed by atoms with van der Waals surface area (Å²) < 4.78 is 0. The normalized spacial score (nSPS) is 9.80. The van der Waals surface area contributed by atoms with Gasteiger partial charge >= 0.3 is 0 Å². The Kier molecular flexibility index (Phi) is 4.11. The minimum Gasteiger partial charge on any atom is -0.347 e. The summed E-state index contributed by atoms with van der Waals surface area (Å²) >= 11 is 0. The van der Waals surface area contributed by atoms with Crippen molar-refractivity contribution in [3.8, 4) is 0 Å². The lowest BCUT2D eigenvalue weighted by Gasteiger charge is -2.06. The quantitative estimate of drug-likeness (QED) is 0.396. The molecule has 0 unspecified atom stereocenters. The number of likely N-dealkylation sites (N-methyl/N-ethyl adjacent to an activating group) is 1. The highest BCUT2D eigenvalue weighted by atomic mass is 16.2. The van der Waals surface area contributed by atoms with Crippen molar-refractivity contribution in [2.45, 2.75) is 0 Å². The Balaban J connectivity index is 3.59. The fraction of sp³-hybridized carbons (Fsp3) is 0.500. The van der Waals surface area contributed by atoms with Gasteiger partial charge in [0, 0.05) is 14.1 Å². The van der Waals surface area contributed by atoms with E-state index in [1.165, 1.54) is 11.2 Å². The Morgan fingerprint density at radius 2 is 2.30 bits per heavy atom. The van der Waals surface area contributed by atoms with E-state index in [-0.39, 0.29) is 12.5 Å². The Labute approximate surface area is 60.3 Å². The molecule has 0 aliphatic rings. The van der Waals surface area contributed by atoms with Crippen LogP contribution < -0.4 is 0 Å². The Hall–Kier alpha value is -1.19. The van der Waals surface area contributed by atoms with Crippen LogP contribution in [0, 0.1) is 0 Å². The fourth-order valence-corrected chi connectivity index (χ4v) is 0.318. The second-order valence-corrected chi connectivity index (χ2v) is 1.93. The van der Waals surface area contributed by atoms with Gasteiger partial charge < -0.3 is 4.90 Å². The summed E-state index contributed by atoms with van der Waals surface area (Å²) in [5.74, 6) is -0.0418. The first-order valence-corrected chi connectivity index (χ1v) is 2.82. The maximum absolute atomic E-state index is 10.8. The minimum absolute atomic E-state index is 0.0418. The van der Waals surface area contributed by atoms with Crippen LogP contribution in [0.3, 0.4) is 0 Å². The molecule has 0 atom stereocenters. The predicted octanol–water partition coefficient (Wildman–Crippen LogP) is -0.197. The highest BCUT2D eigenvalue weighted by molar-refractivity contribution is 5.79. The molecule has 0 aromatic carbocycles. The Bertz CT molecular complexity index is 151. The summed E-state index contributed by atoms with van der Waals surface area (Å²) in [5.41, 5.74) is 0. The van der Waals surface area contributed by atoms with Crippen molar-refractivity contribution in [2.24, 2.45) is 9.98 Å². The smallest absolute Gasteiger partial charge is 0.243 e. The van der Waals surface area contributed by atoms with Crippen LogP contribution in [-0.4, -0.2) is 44.5 Å². The summed E-state index contributed by atoms with van der Waals surface area (Å²) in [6.45, 7) is 3.32. The molecule has 56 valence electrons. The van der Waals surface area contributed by atoms with Crippen LogP contribution in [0.4, 0.5) is 0 Å². The Morgan fingerprint density at radius 1 is 1.70 bits per heavy atom. The zero-order valence-corrected chi connectivity index (χ0v) is 6.24. The lowest BCUT2D eigenvalue weighted by molar-refractivity contribution is -0.127. The highest BCUT2D eigenvalue weighted by Crippen LogP contribution is 1.78. The molecule has 0 aromatic heterocycles. The fourth-order valence-electron chi connectivity index (χ4n) is 0.318. The minimum atomic E-state index is -0.0418. The maximum Gasteiger partial charge on any atom is 0.243 e. The second kappa shape index (κ2) is 4.67. The molecule has 0 fully saturated rings. The lowest BCUT2D eigenvalue weighted by Crippen LogP contribution is -2.23. The largest absolute Gasteiger partial charge is 0.347 e. The average molecular weight is 141 g/mol. The number of carbonyl (C=O) groups is 1. The van der Waals surface area contributed by atoms with Crippen LogP contribution in [0.2, 0.25) is 0 Å². The van der Waals surface area contributed by atoms with Crippen molar-refractivity contribution >= 4 is 19.0 Å². The number of aliphatic imine (C=N–C) groups is 2. The van der Waals surface area contributed by atoms with Crippen LogP contribution >= 0.6 is 0 Å². The van der Waals surface area contributed by atoms with Gasteiger partial charge in [-0.3, -0.25) is 14.8 Å². The Morgan fingerprint density at radius 3 is 2.70 bits per heavy atom. The SMILES string of the molecule is C=N/C=N\CC(=O)N(C)C. The highest BCUT2D eigenvalue weighted by Gasteiger charge is 1.98. The van der Waals surface area contributed by atoms with Gasteiger partial charge in [0.05, 0.1) is 0 Å². The molecule has 0 N–H and O–H groups in total. The molecule has 0 spiro atoms. The predicted molar refractivity (Wildman–Crippen MR) is 41.6 cm³/mol.